The molecule has 0 spiro atoms. The van der Waals surface area contributed by atoms with E-state index in [1.165, 1.54) is 16.8 Å². The molecule has 0 radical (unpaired) electrons. The Morgan fingerprint density at radius 2 is 2.09 bits per heavy atom. The van der Waals surface area contributed by atoms with Gasteiger partial charge in [-0.25, -0.2) is 4.68 Å². The molecule has 23 heavy (non-hydrogen) atoms. The fourth-order valence-electron chi connectivity index (χ4n) is 2.08. The van der Waals surface area contributed by atoms with E-state index in [2.05, 4.69) is 10.4 Å². The van der Waals surface area contributed by atoms with Crippen LogP contribution in [0.15, 0.2) is 41.2 Å². The van der Waals surface area contributed by atoms with Crippen molar-refractivity contribution in [3.63, 3.8) is 0 Å². The molecule has 1 unspecified atom stereocenters. The summed E-state index contributed by atoms with van der Waals surface area (Å²) >= 11 is 6.00. The molecule has 1 heterocycles. The number of aliphatic hydroxyl groups is 1. The minimum Gasteiger partial charge on any atom is -0.387 e. The van der Waals surface area contributed by atoms with Crippen LogP contribution >= 0.6 is 11.6 Å². The minimum atomic E-state index is -0.922. The first-order chi connectivity index (χ1) is 11.0. The zero-order valence-electron chi connectivity index (χ0n) is 12.7. The topological polar surface area (TPSA) is 84.2 Å². The van der Waals surface area contributed by atoms with Gasteiger partial charge in [-0.3, -0.25) is 9.59 Å². The highest BCUT2D eigenvalue weighted by Crippen LogP contribution is 2.21. The van der Waals surface area contributed by atoms with E-state index in [0.29, 0.717) is 17.1 Å². The van der Waals surface area contributed by atoms with Crippen molar-refractivity contribution in [2.24, 2.45) is 0 Å². The molecule has 1 aromatic carbocycles. The van der Waals surface area contributed by atoms with Crippen molar-refractivity contribution in [2.45, 2.75) is 26.0 Å². The number of hydrogen-bond donors (Lipinski definition) is 2. The second-order valence-corrected chi connectivity index (χ2v) is 5.43. The molecule has 1 atom stereocenters. The molecule has 0 fully saturated rings. The lowest BCUT2D eigenvalue weighted by atomic mass is 10.1. The lowest BCUT2D eigenvalue weighted by Gasteiger charge is -2.13. The van der Waals surface area contributed by atoms with Crippen molar-refractivity contribution < 1.29 is 9.90 Å². The van der Waals surface area contributed by atoms with Crippen molar-refractivity contribution in [3.8, 4) is 0 Å². The molecule has 0 saturated heterocycles. The first-order valence-corrected chi connectivity index (χ1v) is 7.69. The van der Waals surface area contributed by atoms with Crippen LogP contribution in [0.2, 0.25) is 5.02 Å². The van der Waals surface area contributed by atoms with Gasteiger partial charge in [0.1, 0.15) is 5.69 Å². The highest BCUT2D eigenvalue weighted by molar-refractivity contribution is 6.31. The normalized spacial score (nSPS) is 12.0. The summed E-state index contributed by atoms with van der Waals surface area (Å²) in [7, 11) is 0. The summed E-state index contributed by atoms with van der Waals surface area (Å²) in [5, 5.41) is 17.1. The van der Waals surface area contributed by atoms with E-state index in [1.54, 1.807) is 24.3 Å². The molecular weight excluding hydrogens is 318 g/mol. The van der Waals surface area contributed by atoms with Gasteiger partial charge in [-0.05, 0) is 18.6 Å². The summed E-state index contributed by atoms with van der Waals surface area (Å²) in [6.07, 6.45) is -0.183. The third-order valence-corrected chi connectivity index (χ3v) is 3.60. The standard InChI is InChI=1S/C16H18ClN3O3/c1-2-9-20-15(22)8-7-13(19-20)16(23)18-10-14(21)11-5-3-4-6-12(11)17/h3-8,14,21H,2,9-10H2,1H3,(H,18,23). The Labute approximate surface area is 138 Å². The summed E-state index contributed by atoms with van der Waals surface area (Å²) < 4.78 is 1.25. The molecule has 0 bridgehead atoms. The number of carbonyl (C=O) groups is 1. The Kier molecular flexibility index (Phi) is 5.90. The van der Waals surface area contributed by atoms with E-state index in [9.17, 15) is 14.7 Å². The van der Waals surface area contributed by atoms with Gasteiger partial charge in [0.05, 0.1) is 6.10 Å². The third kappa shape index (κ3) is 4.40. The second-order valence-electron chi connectivity index (χ2n) is 5.03. The van der Waals surface area contributed by atoms with E-state index in [4.69, 9.17) is 11.6 Å². The maximum atomic E-state index is 12.1. The first-order valence-electron chi connectivity index (χ1n) is 7.31. The van der Waals surface area contributed by atoms with Crippen molar-refractivity contribution >= 4 is 17.5 Å². The molecule has 0 saturated carbocycles. The highest BCUT2D eigenvalue weighted by atomic mass is 35.5. The summed E-state index contributed by atoms with van der Waals surface area (Å²) in [6, 6.07) is 9.56. The molecule has 2 N–H and O–H groups in total. The van der Waals surface area contributed by atoms with Crippen LogP contribution in [0.4, 0.5) is 0 Å². The van der Waals surface area contributed by atoms with E-state index in [0.717, 1.165) is 6.42 Å². The predicted octanol–water partition coefficient (Wildman–Crippen LogP) is 1.77. The number of aryl methyl sites for hydroxylation is 1. The van der Waals surface area contributed by atoms with Crippen LogP contribution in [0, 0.1) is 0 Å². The Bertz CT molecular complexity index is 745. The van der Waals surface area contributed by atoms with Crippen molar-refractivity contribution in [1.82, 2.24) is 15.1 Å². The fourth-order valence-corrected chi connectivity index (χ4v) is 2.34. The van der Waals surface area contributed by atoms with Gasteiger partial charge >= 0.3 is 0 Å². The van der Waals surface area contributed by atoms with Gasteiger partial charge in [0.25, 0.3) is 11.5 Å². The number of benzene rings is 1. The average molecular weight is 336 g/mol. The van der Waals surface area contributed by atoms with Crippen LogP contribution in [0.5, 0.6) is 0 Å². The van der Waals surface area contributed by atoms with Gasteiger partial charge in [-0.1, -0.05) is 36.7 Å². The molecule has 0 aliphatic carbocycles. The molecule has 1 aromatic heterocycles. The number of carbonyl (C=O) groups excluding carboxylic acids is 1. The quantitative estimate of drug-likeness (QED) is 0.842. The van der Waals surface area contributed by atoms with Crippen LogP contribution in [0.25, 0.3) is 0 Å². The molecule has 1 amide bonds. The van der Waals surface area contributed by atoms with Crippen LogP contribution in [-0.2, 0) is 6.54 Å². The number of nitrogens with zero attached hydrogens (tertiary/aromatic N) is 2. The fraction of sp³-hybridized carbons (Fsp3) is 0.312. The second kappa shape index (κ2) is 7.89. The summed E-state index contributed by atoms with van der Waals surface area (Å²) in [5.74, 6) is -0.457. The number of aromatic nitrogens is 2. The number of halogens is 1. The van der Waals surface area contributed by atoms with Crippen LogP contribution in [0.3, 0.4) is 0 Å². The predicted molar refractivity (Wildman–Crippen MR) is 87.5 cm³/mol. The van der Waals surface area contributed by atoms with Crippen molar-refractivity contribution in [1.29, 1.82) is 0 Å². The smallest absolute Gasteiger partial charge is 0.271 e. The number of hydrogen-bond acceptors (Lipinski definition) is 4. The minimum absolute atomic E-state index is 0.00283. The first kappa shape index (κ1) is 17.2. The zero-order chi connectivity index (χ0) is 16.8. The Morgan fingerprint density at radius 1 is 1.35 bits per heavy atom. The van der Waals surface area contributed by atoms with Gasteiger partial charge in [0.15, 0.2) is 0 Å². The zero-order valence-corrected chi connectivity index (χ0v) is 13.5. The Hall–Kier alpha value is -2.18. The molecule has 2 aromatic rings. The van der Waals surface area contributed by atoms with Crippen LogP contribution < -0.4 is 10.9 Å². The largest absolute Gasteiger partial charge is 0.387 e. The molecule has 6 nitrogen and oxygen atoms in total. The molecular formula is C16H18ClN3O3. The van der Waals surface area contributed by atoms with Gasteiger partial charge in [-0.15, -0.1) is 0 Å². The number of nitrogens with one attached hydrogen (secondary N) is 1. The molecule has 122 valence electrons. The van der Waals surface area contributed by atoms with Gasteiger partial charge < -0.3 is 10.4 Å². The molecule has 2 rings (SSSR count). The van der Waals surface area contributed by atoms with Crippen LogP contribution in [-0.4, -0.2) is 27.3 Å². The Balaban J connectivity index is 2.04. The maximum absolute atomic E-state index is 12.1. The van der Waals surface area contributed by atoms with Crippen LogP contribution in [0.1, 0.15) is 35.5 Å². The maximum Gasteiger partial charge on any atom is 0.271 e. The van der Waals surface area contributed by atoms with E-state index < -0.39 is 12.0 Å². The van der Waals surface area contributed by atoms with Crippen molar-refractivity contribution in [3.05, 3.63) is 63.0 Å². The summed E-state index contributed by atoms with van der Waals surface area (Å²) in [4.78, 5) is 23.7. The molecule has 0 aliphatic rings. The molecule has 0 aliphatic heterocycles. The van der Waals surface area contributed by atoms with Gasteiger partial charge in [0.2, 0.25) is 0 Å². The lowest BCUT2D eigenvalue weighted by Crippen LogP contribution is -2.32. The monoisotopic (exact) mass is 335 g/mol. The molecule has 7 heteroatoms. The van der Waals surface area contributed by atoms with Gasteiger partial charge in [0, 0.05) is 29.7 Å². The number of aliphatic hydroxyl groups excluding tert-OH is 1. The summed E-state index contributed by atoms with van der Waals surface area (Å²) in [6.45, 7) is 2.36. The van der Waals surface area contributed by atoms with E-state index >= 15 is 0 Å². The van der Waals surface area contributed by atoms with Crippen molar-refractivity contribution in [2.75, 3.05) is 6.54 Å². The number of rotatable bonds is 6. The lowest BCUT2D eigenvalue weighted by molar-refractivity contribution is 0.0909. The van der Waals surface area contributed by atoms with E-state index in [1.807, 2.05) is 6.92 Å². The highest BCUT2D eigenvalue weighted by Gasteiger charge is 2.14. The average Bonchev–Trinajstić information content (AvgIpc) is 2.55. The number of amides is 1. The SMILES string of the molecule is CCCn1nc(C(=O)NCC(O)c2ccccc2Cl)ccc1=O. The van der Waals surface area contributed by atoms with E-state index in [-0.39, 0.29) is 17.8 Å². The van der Waals surface area contributed by atoms with Gasteiger partial charge in [-0.2, -0.15) is 5.10 Å². The Morgan fingerprint density at radius 3 is 2.78 bits per heavy atom. The summed E-state index contributed by atoms with van der Waals surface area (Å²) in [5.41, 5.74) is 0.419. The third-order valence-electron chi connectivity index (χ3n) is 3.25.